The number of aliphatic imine (C=N–C) groups is 1. The molecule has 7 nitrogen and oxygen atoms in total. The molecule has 192 valence electrons. The monoisotopic (exact) mass is 501 g/mol. The van der Waals surface area contributed by atoms with Crippen molar-refractivity contribution in [2.24, 2.45) is 16.1 Å². The molecule has 5 rings (SSSR count). The van der Waals surface area contributed by atoms with Gasteiger partial charge in [0.2, 0.25) is 0 Å². The highest BCUT2D eigenvalue weighted by Gasteiger charge is 2.61. The Balaban J connectivity index is 1.40. The first-order valence-corrected chi connectivity index (χ1v) is 12.5. The van der Waals surface area contributed by atoms with E-state index in [9.17, 15) is 18.0 Å². The SMILES string of the molecule is C=N[C@H]1CCCC12CC2Nc1cc[nH]c(=O)c1C(N)=[NH+]c1ccc(C2(C(F)(F)F)CCCCN2)cc1. The molecule has 6 N–H and O–H groups in total. The number of hydrogen-bond acceptors (Lipinski definition) is 4. The third-order valence-electron chi connectivity index (χ3n) is 8.23. The molecular formula is C26H32F3N6O+. The van der Waals surface area contributed by atoms with Crippen LogP contribution in [0.3, 0.4) is 0 Å². The summed E-state index contributed by atoms with van der Waals surface area (Å²) in [6, 6.07) is 8.23. The van der Waals surface area contributed by atoms with Crippen LogP contribution in [0.5, 0.6) is 0 Å². The van der Waals surface area contributed by atoms with Gasteiger partial charge in [0.25, 0.3) is 11.4 Å². The zero-order valence-electron chi connectivity index (χ0n) is 20.0. The molecule has 1 aromatic heterocycles. The number of nitrogen functional groups attached to an aromatic ring is 1. The Hall–Kier alpha value is -3.14. The van der Waals surface area contributed by atoms with E-state index in [0.717, 1.165) is 32.1 Å². The summed E-state index contributed by atoms with van der Waals surface area (Å²) in [6.07, 6.45) is 2.56. The molecule has 2 aliphatic carbocycles. The minimum absolute atomic E-state index is 0.00313. The van der Waals surface area contributed by atoms with Crippen molar-refractivity contribution in [1.29, 1.82) is 0 Å². The normalized spacial score (nSPS) is 30.4. The van der Waals surface area contributed by atoms with Gasteiger partial charge in [0.1, 0.15) is 11.2 Å². The van der Waals surface area contributed by atoms with Crippen LogP contribution in [0.25, 0.3) is 0 Å². The number of amidine groups is 1. The average Bonchev–Trinajstić information content (AvgIpc) is 3.36. The molecule has 0 amide bonds. The summed E-state index contributed by atoms with van der Waals surface area (Å²) in [5.74, 6) is 0.118. The molecule has 0 radical (unpaired) electrons. The van der Waals surface area contributed by atoms with Crippen molar-refractivity contribution in [3.63, 3.8) is 0 Å². The van der Waals surface area contributed by atoms with Crippen molar-refractivity contribution in [2.75, 3.05) is 11.9 Å². The molecule has 3 unspecified atom stereocenters. The van der Waals surface area contributed by atoms with Crippen molar-refractivity contribution in [1.82, 2.24) is 10.3 Å². The zero-order chi connectivity index (χ0) is 25.6. The number of hydrogen-bond donors (Lipinski definition) is 5. The number of nitrogens with two attached hydrogens (primary N) is 1. The van der Waals surface area contributed by atoms with Crippen LogP contribution >= 0.6 is 0 Å². The number of halogens is 3. The first-order valence-electron chi connectivity index (χ1n) is 12.5. The Morgan fingerprint density at radius 1 is 1.17 bits per heavy atom. The molecular weight excluding hydrogens is 469 g/mol. The predicted octanol–water partition coefficient (Wildman–Crippen LogP) is 2.45. The highest BCUT2D eigenvalue weighted by Crippen LogP contribution is 2.60. The summed E-state index contributed by atoms with van der Waals surface area (Å²) >= 11 is 0. The fourth-order valence-electron chi connectivity index (χ4n) is 6.18. The Morgan fingerprint density at radius 2 is 1.94 bits per heavy atom. The van der Waals surface area contributed by atoms with Gasteiger partial charge >= 0.3 is 6.18 Å². The van der Waals surface area contributed by atoms with Crippen LogP contribution in [0.2, 0.25) is 0 Å². The molecule has 4 atom stereocenters. The van der Waals surface area contributed by atoms with Gasteiger partial charge in [-0.25, -0.2) is 4.99 Å². The van der Waals surface area contributed by atoms with E-state index in [-0.39, 0.29) is 46.4 Å². The van der Waals surface area contributed by atoms with Gasteiger partial charge in [0, 0.05) is 17.7 Å². The summed E-state index contributed by atoms with van der Waals surface area (Å²) in [4.78, 5) is 22.7. The maximum Gasteiger partial charge on any atom is 0.410 e. The molecule has 2 heterocycles. The molecule has 2 saturated carbocycles. The number of rotatable bonds is 6. The molecule has 10 heteroatoms. The molecule has 36 heavy (non-hydrogen) atoms. The number of nitrogens with zero attached hydrogens (tertiary/aromatic N) is 1. The van der Waals surface area contributed by atoms with Gasteiger partial charge in [-0.15, -0.1) is 0 Å². The highest BCUT2D eigenvalue weighted by molar-refractivity contribution is 5.98. The largest absolute Gasteiger partial charge is 0.410 e. The predicted molar refractivity (Wildman–Crippen MR) is 134 cm³/mol. The number of H-pyrrole nitrogens is 1. The molecule has 1 saturated heterocycles. The van der Waals surface area contributed by atoms with Crippen LogP contribution in [0, 0.1) is 5.41 Å². The number of piperidine rings is 1. The van der Waals surface area contributed by atoms with Crippen molar-refractivity contribution in [2.45, 2.75) is 68.7 Å². The van der Waals surface area contributed by atoms with E-state index in [1.165, 1.54) is 12.1 Å². The third-order valence-corrected chi connectivity index (χ3v) is 8.23. The highest BCUT2D eigenvalue weighted by atomic mass is 19.4. The molecule has 3 aliphatic rings. The zero-order valence-corrected chi connectivity index (χ0v) is 20.0. The summed E-state index contributed by atoms with van der Waals surface area (Å²) in [7, 11) is 0. The van der Waals surface area contributed by atoms with E-state index >= 15 is 0 Å². The van der Waals surface area contributed by atoms with Crippen LogP contribution < -0.4 is 26.9 Å². The summed E-state index contributed by atoms with van der Waals surface area (Å²) in [5.41, 5.74) is 5.54. The summed E-state index contributed by atoms with van der Waals surface area (Å²) in [5, 5.41) is 6.18. The third kappa shape index (κ3) is 4.11. The van der Waals surface area contributed by atoms with E-state index < -0.39 is 11.7 Å². The van der Waals surface area contributed by atoms with Gasteiger partial charge < -0.3 is 10.3 Å². The molecule has 1 aromatic carbocycles. The van der Waals surface area contributed by atoms with Gasteiger partial charge in [-0.3, -0.25) is 20.8 Å². The fourth-order valence-corrected chi connectivity index (χ4v) is 6.18. The molecule has 0 bridgehead atoms. The van der Waals surface area contributed by atoms with Gasteiger partial charge in [-0.2, -0.15) is 13.2 Å². The number of aromatic amines is 1. The van der Waals surface area contributed by atoms with Crippen LogP contribution in [0.4, 0.5) is 24.5 Å². The van der Waals surface area contributed by atoms with Gasteiger partial charge in [0.05, 0.1) is 11.7 Å². The second-order valence-electron chi connectivity index (χ2n) is 10.2. The van der Waals surface area contributed by atoms with Crippen LogP contribution in [-0.4, -0.2) is 42.3 Å². The van der Waals surface area contributed by atoms with Crippen molar-refractivity contribution in [3.8, 4) is 0 Å². The van der Waals surface area contributed by atoms with Crippen LogP contribution in [0.15, 0.2) is 46.3 Å². The lowest BCUT2D eigenvalue weighted by Gasteiger charge is -2.40. The smallest absolute Gasteiger partial charge is 0.381 e. The number of anilines is 1. The lowest BCUT2D eigenvalue weighted by Crippen LogP contribution is -2.70. The van der Waals surface area contributed by atoms with E-state index in [1.54, 1.807) is 24.4 Å². The van der Waals surface area contributed by atoms with Gasteiger partial charge in [0.15, 0.2) is 5.56 Å². The summed E-state index contributed by atoms with van der Waals surface area (Å²) in [6.45, 7) is 4.07. The first kappa shape index (κ1) is 24.5. The standard InChI is InChI=1S/C26H31F3N6O/c1-31-19-5-4-11-24(19)15-20(24)35-18-10-14-32-23(36)21(18)22(30)34-17-8-6-16(7-9-17)25(26(27,28)29)12-2-3-13-33-25/h6-10,14,19-20,33H,1-5,11-13,15H2,(H2,30,34)(H2,32,35,36)/p+1/t19-,20?,24?,25?/m0/s1. The minimum atomic E-state index is -4.41. The number of pyridine rings is 1. The Bertz CT molecular complexity index is 1220. The van der Waals surface area contributed by atoms with Crippen LogP contribution in [0.1, 0.15) is 56.1 Å². The van der Waals surface area contributed by atoms with E-state index in [1.807, 2.05) is 0 Å². The van der Waals surface area contributed by atoms with Crippen LogP contribution in [-0.2, 0) is 5.54 Å². The topological polar surface area (TPSA) is 109 Å². The fraction of sp³-hybridized carbons (Fsp3) is 0.500. The average molecular weight is 502 g/mol. The van der Waals surface area contributed by atoms with Gasteiger partial charge in [-0.1, -0.05) is 18.6 Å². The lowest BCUT2D eigenvalue weighted by atomic mass is 9.81. The second-order valence-corrected chi connectivity index (χ2v) is 10.2. The molecule has 2 aromatic rings. The quantitative estimate of drug-likeness (QED) is 0.309. The number of benzene rings is 1. The molecule has 1 aliphatic heterocycles. The molecule has 1 spiro atoms. The van der Waals surface area contributed by atoms with Crippen molar-refractivity contribution >= 4 is 23.9 Å². The second kappa shape index (κ2) is 9.06. The van der Waals surface area contributed by atoms with Crippen molar-refractivity contribution < 1.29 is 18.2 Å². The first-order chi connectivity index (χ1) is 17.2. The Labute approximate surface area is 207 Å². The van der Waals surface area contributed by atoms with E-state index in [0.29, 0.717) is 24.3 Å². The summed E-state index contributed by atoms with van der Waals surface area (Å²) < 4.78 is 42.0. The number of aromatic nitrogens is 1. The lowest BCUT2D eigenvalue weighted by molar-refractivity contribution is -0.354. The number of alkyl halides is 3. The molecule has 3 fully saturated rings. The minimum Gasteiger partial charge on any atom is -0.381 e. The van der Waals surface area contributed by atoms with E-state index in [4.69, 9.17) is 5.73 Å². The van der Waals surface area contributed by atoms with Gasteiger partial charge in [-0.05, 0) is 75.5 Å². The maximum atomic E-state index is 14.0. The van der Waals surface area contributed by atoms with Crippen molar-refractivity contribution in [3.05, 3.63) is 58.0 Å². The number of nitrogens with one attached hydrogen (secondary N) is 4. The maximum absolute atomic E-state index is 14.0. The Kier molecular flexibility index (Phi) is 6.18. The van der Waals surface area contributed by atoms with E-state index in [2.05, 4.69) is 32.3 Å². The Morgan fingerprint density at radius 3 is 2.61 bits per heavy atom.